The Balaban J connectivity index is 2.72. The van der Waals surface area contributed by atoms with Gasteiger partial charge in [0.1, 0.15) is 5.75 Å². The number of alkyl halides is 1. The van der Waals surface area contributed by atoms with Gasteiger partial charge in [-0.25, -0.2) is 0 Å². The zero-order valence-electron chi connectivity index (χ0n) is 8.50. The topological polar surface area (TPSA) is 18.5 Å². The normalized spacial score (nSPS) is 12.5. The Labute approximate surface area is 98.7 Å². The summed E-state index contributed by atoms with van der Waals surface area (Å²) in [5.41, 5.74) is 1.11. The highest BCUT2D eigenvalue weighted by Gasteiger charge is 2.10. The van der Waals surface area contributed by atoms with Crippen LogP contribution in [0, 0.1) is 0 Å². The van der Waals surface area contributed by atoms with Gasteiger partial charge in [0.2, 0.25) is 0 Å². The molecule has 0 fully saturated rings. The summed E-state index contributed by atoms with van der Waals surface area (Å²) in [5, 5.41) is 0. The summed E-state index contributed by atoms with van der Waals surface area (Å²) in [4.78, 5) is 0. The third-order valence-electron chi connectivity index (χ3n) is 2.02. The van der Waals surface area contributed by atoms with Gasteiger partial charge in [0.15, 0.2) is 0 Å². The maximum Gasteiger partial charge on any atom is 0.124 e. The van der Waals surface area contributed by atoms with E-state index < -0.39 is 0 Å². The van der Waals surface area contributed by atoms with E-state index in [4.69, 9.17) is 9.47 Å². The van der Waals surface area contributed by atoms with Crippen LogP contribution in [0.15, 0.2) is 24.3 Å². The smallest absolute Gasteiger partial charge is 0.124 e. The highest BCUT2D eigenvalue weighted by molar-refractivity contribution is 14.1. The standard InChI is InChI=1S/C11H15IO2/c1-9(14-8-7-12)10-5-3-4-6-11(10)13-2/h3-6,9H,7-8H2,1-2H3. The molecule has 78 valence electrons. The molecule has 0 aliphatic carbocycles. The molecule has 0 spiro atoms. The molecule has 1 unspecified atom stereocenters. The number of halogens is 1. The average molecular weight is 306 g/mol. The molecule has 1 aromatic rings. The van der Waals surface area contributed by atoms with Crippen molar-refractivity contribution in [1.82, 2.24) is 0 Å². The highest BCUT2D eigenvalue weighted by atomic mass is 127. The summed E-state index contributed by atoms with van der Waals surface area (Å²) in [6.07, 6.45) is 0.0981. The van der Waals surface area contributed by atoms with Crippen LogP contribution in [-0.2, 0) is 4.74 Å². The van der Waals surface area contributed by atoms with E-state index >= 15 is 0 Å². The fourth-order valence-electron chi connectivity index (χ4n) is 1.31. The number of rotatable bonds is 5. The molecule has 0 heterocycles. The third kappa shape index (κ3) is 3.13. The molecule has 2 nitrogen and oxygen atoms in total. The molecule has 1 aromatic carbocycles. The van der Waals surface area contributed by atoms with E-state index in [9.17, 15) is 0 Å². The lowest BCUT2D eigenvalue weighted by Crippen LogP contribution is -2.04. The van der Waals surface area contributed by atoms with Crippen LogP contribution in [0.5, 0.6) is 5.75 Å². The van der Waals surface area contributed by atoms with Crippen molar-refractivity contribution in [2.24, 2.45) is 0 Å². The molecule has 0 aliphatic heterocycles. The Kier molecular flexibility index (Phi) is 5.25. The van der Waals surface area contributed by atoms with Crippen molar-refractivity contribution in [2.45, 2.75) is 13.0 Å². The highest BCUT2D eigenvalue weighted by Crippen LogP contribution is 2.26. The van der Waals surface area contributed by atoms with E-state index in [1.54, 1.807) is 7.11 Å². The van der Waals surface area contributed by atoms with Gasteiger partial charge in [-0.3, -0.25) is 0 Å². The zero-order valence-corrected chi connectivity index (χ0v) is 10.7. The molecule has 0 saturated heterocycles. The number of methoxy groups -OCH3 is 1. The van der Waals surface area contributed by atoms with Crippen LogP contribution >= 0.6 is 22.6 Å². The van der Waals surface area contributed by atoms with Gasteiger partial charge in [-0.15, -0.1) is 0 Å². The Morgan fingerprint density at radius 2 is 2.07 bits per heavy atom. The first kappa shape index (κ1) is 11.8. The number of hydrogen-bond acceptors (Lipinski definition) is 2. The second-order valence-corrected chi connectivity index (χ2v) is 4.02. The van der Waals surface area contributed by atoms with Crippen molar-refractivity contribution in [3.63, 3.8) is 0 Å². The largest absolute Gasteiger partial charge is 0.496 e. The summed E-state index contributed by atoms with van der Waals surface area (Å²) >= 11 is 2.30. The Morgan fingerprint density at radius 3 is 2.71 bits per heavy atom. The molecule has 0 aliphatic rings. The quantitative estimate of drug-likeness (QED) is 0.614. The maximum atomic E-state index is 5.63. The lowest BCUT2D eigenvalue weighted by atomic mass is 10.1. The van der Waals surface area contributed by atoms with Crippen molar-refractivity contribution in [2.75, 3.05) is 18.1 Å². The molecule has 1 rings (SSSR count). The minimum absolute atomic E-state index is 0.0981. The van der Waals surface area contributed by atoms with Crippen molar-refractivity contribution >= 4 is 22.6 Å². The maximum absolute atomic E-state index is 5.63. The van der Waals surface area contributed by atoms with Crippen LogP contribution in [0.3, 0.4) is 0 Å². The second kappa shape index (κ2) is 6.24. The minimum atomic E-state index is 0.0981. The monoisotopic (exact) mass is 306 g/mol. The third-order valence-corrected chi connectivity index (χ3v) is 2.46. The fraction of sp³-hybridized carbons (Fsp3) is 0.455. The second-order valence-electron chi connectivity index (χ2n) is 2.94. The lowest BCUT2D eigenvalue weighted by molar-refractivity contribution is 0.0777. The first-order valence-electron chi connectivity index (χ1n) is 4.60. The predicted octanol–water partition coefficient (Wildman–Crippen LogP) is 3.21. The molecular formula is C11H15IO2. The molecule has 0 radical (unpaired) electrons. The van der Waals surface area contributed by atoms with Crippen LogP contribution in [0.1, 0.15) is 18.6 Å². The minimum Gasteiger partial charge on any atom is -0.496 e. The summed E-state index contributed by atoms with van der Waals surface area (Å²) in [7, 11) is 1.68. The lowest BCUT2D eigenvalue weighted by Gasteiger charge is -2.15. The summed E-state index contributed by atoms with van der Waals surface area (Å²) in [6, 6.07) is 7.96. The van der Waals surface area contributed by atoms with Crippen LogP contribution < -0.4 is 4.74 Å². The van der Waals surface area contributed by atoms with E-state index in [1.165, 1.54) is 0 Å². The van der Waals surface area contributed by atoms with Gasteiger partial charge in [-0.1, -0.05) is 40.8 Å². The summed E-state index contributed by atoms with van der Waals surface area (Å²) < 4.78 is 11.9. The first-order valence-corrected chi connectivity index (χ1v) is 6.12. The molecule has 1 atom stereocenters. The van der Waals surface area contributed by atoms with Crippen molar-refractivity contribution in [3.8, 4) is 5.75 Å². The van der Waals surface area contributed by atoms with Crippen LogP contribution in [0.4, 0.5) is 0 Å². The number of benzene rings is 1. The first-order chi connectivity index (χ1) is 6.79. The van der Waals surface area contributed by atoms with E-state index in [-0.39, 0.29) is 6.10 Å². The van der Waals surface area contributed by atoms with Crippen LogP contribution in [0.2, 0.25) is 0 Å². The Bertz CT molecular complexity index is 276. The van der Waals surface area contributed by atoms with Gasteiger partial charge in [0.05, 0.1) is 19.8 Å². The Morgan fingerprint density at radius 1 is 1.36 bits per heavy atom. The summed E-state index contributed by atoms with van der Waals surface area (Å²) in [6.45, 7) is 2.82. The van der Waals surface area contributed by atoms with Gasteiger partial charge in [0, 0.05) is 9.99 Å². The van der Waals surface area contributed by atoms with Gasteiger partial charge >= 0.3 is 0 Å². The number of ether oxygens (including phenoxy) is 2. The van der Waals surface area contributed by atoms with Gasteiger partial charge in [0.25, 0.3) is 0 Å². The summed E-state index contributed by atoms with van der Waals surface area (Å²) in [5.74, 6) is 0.897. The van der Waals surface area contributed by atoms with Gasteiger partial charge in [-0.2, -0.15) is 0 Å². The molecular weight excluding hydrogens is 291 g/mol. The predicted molar refractivity (Wildman–Crippen MR) is 66.2 cm³/mol. The molecule has 0 saturated carbocycles. The SMILES string of the molecule is COc1ccccc1C(C)OCCI. The van der Waals surface area contributed by atoms with E-state index in [0.717, 1.165) is 22.3 Å². The van der Waals surface area contributed by atoms with E-state index in [0.29, 0.717) is 0 Å². The molecule has 0 amide bonds. The molecule has 0 aromatic heterocycles. The zero-order chi connectivity index (χ0) is 10.4. The van der Waals surface area contributed by atoms with E-state index in [2.05, 4.69) is 22.6 Å². The molecule has 3 heteroatoms. The molecule has 0 bridgehead atoms. The van der Waals surface area contributed by atoms with E-state index in [1.807, 2.05) is 31.2 Å². The average Bonchev–Trinajstić information content (AvgIpc) is 2.25. The van der Waals surface area contributed by atoms with Crippen LogP contribution in [-0.4, -0.2) is 18.1 Å². The van der Waals surface area contributed by atoms with Crippen molar-refractivity contribution in [3.05, 3.63) is 29.8 Å². The molecule has 0 N–H and O–H groups in total. The fourth-order valence-corrected chi connectivity index (χ4v) is 1.57. The number of para-hydroxylation sites is 1. The van der Waals surface area contributed by atoms with Gasteiger partial charge < -0.3 is 9.47 Å². The van der Waals surface area contributed by atoms with Crippen LogP contribution in [0.25, 0.3) is 0 Å². The van der Waals surface area contributed by atoms with Crippen molar-refractivity contribution in [1.29, 1.82) is 0 Å². The number of hydrogen-bond donors (Lipinski definition) is 0. The van der Waals surface area contributed by atoms with Gasteiger partial charge in [-0.05, 0) is 13.0 Å². The van der Waals surface area contributed by atoms with Crippen molar-refractivity contribution < 1.29 is 9.47 Å². The molecule has 14 heavy (non-hydrogen) atoms. The Hall–Kier alpha value is -0.290.